The Balaban J connectivity index is 0. The summed E-state index contributed by atoms with van der Waals surface area (Å²) in [5, 5.41) is 0. The van der Waals surface area contributed by atoms with Crippen molar-refractivity contribution in [1.29, 1.82) is 0 Å². The molecule has 0 heterocycles. The van der Waals surface area contributed by atoms with E-state index in [1.807, 2.05) is 0 Å². The fraction of sp³-hybridized carbons (Fsp3) is 1.00. The van der Waals surface area contributed by atoms with E-state index < -0.39 is 8.07 Å². The summed E-state index contributed by atoms with van der Waals surface area (Å²) >= 11 is 4.24. The molecule has 0 aromatic rings. The van der Waals surface area contributed by atoms with Gasteiger partial charge in [-0.25, -0.2) is 0 Å². The highest BCUT2D eigenvalue weighted by Crippen LogP contribution is 2.04. The van der Waals surface area contributed by atoms with Crippen LogP contribution in [0, 0.1) is 0 Å². The average molecular weight is 356 g/mol. The van der Waals surface area contributed by atoms with Gasteiger partial charge in [0.05, 0.1) is 0 Å². The molecule has 0 aliphatic rings. The Kier molecular flexibility index (Phi) is 10.5. The van der Waals surface area contributed by atoms with Crippen LogP contribution in [0.2, 0.25) is 25.7 Å². The third kappa shape index (κ3) is 15.6. The molecule has 0 aliphatic heterocycles. The fourth-order valence-corrected chi connectivity index (χ4v) is 0. The Hall–Kier alpha value is 1.68. The molecule has 0 N–H and O–H groups in total. The molecular weight excluding hydrogens is 342 g/mol. The molecule has 0 amide bonds. The second kappa shape index (κ2) is 6.79. The van der Waals surface area contributed by atoms with Crippen molar-refractivity contribution >= 4 is 45.3 Å². The highest BCUT2D eigenvalue weighted by atomic mass is 128. The van der Waals surface area contributed by atoms with Crippen molar-refractivity contribution in [2.24, 2.45) is 0 Å². The lowest BCUT2D eigenvalue weighted by molar-refractivity contribution is 1.36. The van der Waals surface area contributed by atoms with Crippen molar-refractivity contribution in [1.82, 2.24) is 0 Å². The van der Waals surface area contributed by atoms with Gasteiger partial charge in [0.1, 0.15) is 0 Å². The second-order valence-corrected chi connectivity index (χ2v) is 8.74. The van der Waals surface area contributed by atoms with Gasteiger partial charge in [-0.05, 0) is 0 Å². The van der Waals surface area contributed by atoms with Crippen LogP contribution in [0.4, 0.5) is 0 Å². The van der Waals surface area contributed by atoms with Crippen LogP contribution in [0.3, 0.4) is 0 Å². The van der Waals surface area contributed by atoms with E-state index in [2.05, 4.69) is 63.8 Å². The maximum absolute atomic E-state index is 2.38. The normalized spacial score (nSPS) is 9.75. The van der Waals surface area contributed by atoms with Gasteiger partial charge in [0.15, 0.2) is 0 Å². The fourth-order valence-electron chi connectivity index (χ4n) is 0. The largest absolute Gasteiger partial charge is 0.0696 e. The number of hydrogen-bond acceptors (Lipinski definition) is 0. The van der Waals surface area contributed by atoms with E-state index in [1.54, 1.807) is 0 Å². The summed E-state index contributed by atoms with van der Waals surface area (Å²) in [6, 6.07) is 1.41. The number of rotatable bonds is 1. The minimum atomic E-state index is -0.631. The Morgan fingerprint density at radius 3 is 1.25 bits per heavy atom. The Bertz CT molecular complexity index is 40.2. The summed E-state index contributed by atoms with van der Waals surface area (Å²) in [5.41, 5.74) is 0. The van der Waals surface area contributed by atoms with E-state index in [0.717, 1.165) is 0 Å². The predicted octanol–water partition coefficient (Wildman–Crippen LogP) is 4.12. The van der Waals surface area contributed by atoms with Crippen LogP contribution >= 0.6 is 37.2 Å². The van der Waals surface area contributed by atoms with E-state index >= 15 is 0 Å². The predicted molar refractivity (Wildman–Crippen MR) is 61.9 cm³/mol. The molecule has 0 atom stereocenters. The van der Waals surface area contributed by atoms with Gasteiger partial charge in [-0.2, -0.15) is 0 Å². The van der Waals surface area contributed by atoms with Crippen molar-refractivity contribution in [3.63, 3.8) is 0 Å². The zero-order valence-electron chi connectivity index (χ0n) is 5.96. The molecule has 0 saturated carbocycles. The molecule has 3 heteroatoms. The minimum absolute atomic E-state index is 0.631. The van der Waals surface area contributed by atoms with E-state index in [0.29, 0.717) is 0 Å². The topological polar surface area (TPSA) is 0 Å². The van der Waals surface area contributed by atoms with Gasteiger partial charge >= 0.3 is 0 Å². The Morgan fingerprint density at radius 2 is 1.25 bits per heavy atom. The highest BCUT2D eigenvalue weighted by molar-refractivity contribution is 15.0. The van der Waals surface area contributed by atoms with Crippen LogP contribution in [0.1, 0.15) is 6.92 Å². The molecular formula is C5H14I2Si. The molecule has 8 heavy (non-hydrogen) atoms. The molecule has 0 unspecified atom stereocenters. The van der Waals surface area contributed by atoms with Crippen LogP contribution in [0.15, 0.2) is 0 Å². The SMILES string of the molecule is CC[Si](C)(C)C.II. The molecule has 0 nitrogen and oxygen atoms in total. The summed E-state index contributed by atoms with van der Waals surface area (Å²) in [4.78, 5) is 0. The quantitative estimate of drug-likeness (QED) is 0.490. The van der Waals surface area contributed by atoms with E-state index in [-0.39, 0.29) is 0 Å². The smallest absolute Gasteiger partial charge is 0.0439 e. The number of hydrogen-bond donors (Lipinski definition) is 0. The molecule has 0 fully saturated rings. The Labute approximate surface area is 77.1 Å². The van der Waals surface area contributed by atoms with Gasteiger partial charge < -0.3 is 0 Å². The lowest BCUT2D eigenvalue weighted by Crippen LogP contribution is -2.16. The average Bonchev–Trinajstić information content (AvgIpc) is 1.71. The first kappa shape index (κ1) is 12.4. The van der Waals surface area contributed by atoms with Crippen LogP contribution in [0.25, 0.3) is 0 Å². The van der Waals surface area contributed by atoms with Crippen LogP contribution < -0.4 is 0 Å². The van der Waals surface area contributed by atoms with E-state index in [4.69, 9.17) is 0 Å². The number of halogens is 2. The molecule has 0 aromatic heterocycles. The van der Waals surface area contributed by atoms with E-state index in [9.17, 15) is 0 Å². The second-order valence-electron chi connectivity index (χ2n) is 2.91. The summed E-state index contributed by atoms with van der Waals surface area (Å²) in [6.07, 6.45) is 0. The molecule has 52 valence electrons. The van der Waals surface area contributed by atoms with Gasteiger partial charge in [0.25, 0.3) is 0 Å². The zero-order chi connectivity index (χ0) is 7.21. The van der Waals surface area contributed by atoms with Crippen LogP contribution in [-0.2, 0) is 0 Å². The van der Waals surface area contributed by atoms with Gasteiger partial charge in [-0.1, -0.05) is 32.6 Å². The lowest BCUT2D eigenvalue weighted by Gasteiger charge is -2.09. The maximum Gasteiger partial charge on any atom is 0.0439 e. The van der Waals surface area contributed by atoms with Gasteiger partial charge in [0, 0.05) is 45.3 Å². The van der Waals surface area contributed by atoms with Crippen molar-refractivity contribution in [3.8, 4) is 0 Å². The standard InChI is InChI=1S/C5H14Si.I2/c1-5-6(2,3)4;1-2/h5H2,1-4H3;. The van der Waals surface area contributed by atoms with Crippen molar-refractivity contribution in [2.45, 2.75) is 32.6 Å². The highest BCUT2D eigenvalue weighted by Gasteiger charge is 2.06. The monoisotopic (exact) mass is 356 g/mol. The third-order valence-corrected chi connectivity index (χ3v) is 3.18. The van der Waals surface area contributed by atoms with Gasteiger partial charge in [-0.3, -0.25) is 0 Å². The molecule has 0 aromatic carbocycles. The maximum atomic E-state index is 2.38. The first-order chi connectivity index (χ1) is 3.56. The molecule has 0 spiro atoms. The summed E-state index contributed by atoms with van der Waals surface area (Å²) in [6.45, 7) is 9.42. The minimum Gasteiger partial charge on any atom is -0.0696 e. The van der Waals surface area contributed by atoms with Gasteiger partial charge in [-0.15, -0.1) is 0 Å². The summed E-state index contributed by atoms with van der Waals surface area (Å²) < 4.78 is 0. The molecule has 0 bridgehead atoms. The van der Waals surface area contributed by atoms with E-state index in [1.165, 1.54) is 6.04 Å². The molecule has 0 radical (unpaired) electrons. The first-order valence-corrected chi connectivity index (χ1v) is 12.7. The summed E-state index contributed by atoms with van der Waals surface area (Å²) in [5.74, 6) is 0. The molecule has 0 saturated heterocycles. The van der Waals surface area contributed by atoms with Crippen LogP contribution in [0.5, 0.6) is 0 Å². The molecule has 0 rings (SSSR count). The third-order valence-electron chi connectivity index (χ3n) is 1.06. The van der Waals surface area contributed by atoms with Gasteiger partial charge in [0.2, 0.25) is 0 Å². The van der Waals surface area contributed by atoms with Crippen molar-refractivity contribution in [3.05, 3.63) is 0 Å². The lowest BCUT2D eigenvalue weighted by atomic mass is 11.0. The van der Waals surface area contributed by atoms with Crippen LogP contribution in [-0.4, -0.2) is 8.07 Å². The molecule has 0 aliphatic carbocycles. The zero-order valence-corrected chi connectivity index (χ0v) is 11.3. The van der Waals surface area contributed by atoms with Crippen molar-refractivity contribution < 1.29 is 0 Å². The first-order valence-electron chi connectivity index (χ1n) is 2.70. The van der Waals surface area contributed by atoms with Crippen molar-refractivity contribution in [2.75, 3.05) is 0 Å². The summed E-state index contributed by atoms with van der Waals surface area (Å²) in [7, 11) is -0.631. The Morgan fingerprint density at radius 1 is 1.12 bits per heavy atom.